The first-order valence-corrected chi connectivity index (χ1v) is 5.03. The molecule has 17 heavy (non-hydrogen) atoms. The lowest BCUT2D eigenvalue weighted by Gasteiger charge is -2.07. The molecule has 1 heterocycles. The van der Waals surface area contributed by atoms with E-state index in [0.717, 1.165) is 0 Å². The number of methoxy groups -OCH3 is 2. The summed E-state index contributed by atoms with van der Waals surface area (Å²) in [6.45, 7) is 1.80. The van der Waals surface area contributed by atoms with Crippen molar-refractivity contribution in [2.45, 2.75) is 6.92 Å². The van der Waals surface area contributed by atoms with Crippen LogP contribution in [-0.4, -0.2) is 20.2 Å². The van der Waals surface area contributed by atoms with Gasteiger partial charge in [-0.25, -0.2) is 4.79 Å². The van der Waals surface area contributed by atoms with Gasteiger partial charge in [0.05, 0.1) is 25.5 Å². The Hall–Kier alpha value is -2.17. The van der Waals surface area contributed by atoms with Gasteiger partial charge in [0, 0.05) is 11.5 Å². The summed E-state index contributed by atoms with van der Waals surface area (Å²) < 4.78 is 15.3. The van der Waals surface area contributed by atoms with Crippen LogP contribution in [0.3, 0.4) is 0 Å². The van der Waals surface area contributed by atoms with Crippen molar-refractivity contribution in [2.75, 3.05) is 20.0 Å². The molecule has 0 spiro atoms. The molecule has 0 unspecified atom stereocenters. The molecule has 0 saturated carbocycles. The van der Waals surface area contributed by atoms with Gasteiger partial charge in [-0.3, -0.25) is 0 Å². The van der Waals surface area contributed by atoms with Crippen molar-refractivity contribution < 1.29 is 18.7 Å². The fourth-order valence-electron chi connectivity index (χ4n) is 1.75. The third-order valence-electron chi connectivity index (χ3n) is 2.56. The van der Waals surface area contributed by atoms with Crippen molar-refractivity contribution in [2.24, 2.45) is 0 Å². The first kappa shape index (κ1) is 11.3. The molecule has 2 aromatic rings. The fourth-order valence-corrected chi connectivity index (χ4v) is 1.75. The van der Waals surface area contributed by atoms with Crippen molar-refractivity contribution in [1.29, 1.82) is 0 Å². The van der Waals surface area contributed by atoms with E-state index in [1.807, 2.05) is 0 Å². The zero-order chi connectivity index (χ0) is 12.6. The first-order chi connectivity index (χ1) is 8.08. The normalized spacial score (nSPS) is 10.5. The minimum Gasteiger partial charge on any atom is -0.493 e. The van der Waals surface area contributed by atoms with Crippen LogP contribution >= 0.6 is 0 Å². The second-order valence-corrected chi connectivity index (χ2v) is 3.63. The average molecular weight is 235 g/mol. The summed E-state index contributed by atoms with van der Waals surface area (Å²) in [5.41, 5.74) is 7.07. The standard InChI is InChI=1S/C12H13NO4/c1-6-4-7-10(13)8(12(14)16-3)5-9(15-2)11(7)17-6/h4-5H,13H2,1-3H3. The predicted molar refractivity (Wildman–Crippen MR) is 63.3 cm³/mol. The van der Waals surface area contributed by atoms with Gasteiger partial charge in [-0.2, -0.15) is 0 Å². The van der Waals surface area contributed by atoms with E-state index in [1.54, 1.807) is 13.0 Å². The molecule has 1 aromatic heterocycles. The summed E-state index contributed by atoms with van der Waals surface area (Å²) in [4.78, 5) is 11.6. The van der Waals surface area contributed by atoms with Gasteiger partial charge in [-0.05, 0) is 13.0 Å². The van der Waals surface area contributed by atoms with E-state index >= 15 is 0 Å². The number of rotatable bonds is 2. The summed E-state index contributed by atoms with van der Waals surface area (Å²) in [6, 6.07) is 3.28. The number of hydrogen-bond donors (Lipinski definition) is 1. The lowest BCUT2D eigenvalue weighted by Crippen LogP contribution is -2.06. The Morgan fingerprint density at radius 1 is 1.35 bits per heavy atom. The molecule has 2 N–H and O–H groups in total. The highest BCUT2D eigenvalue weighted by Gasteiger charge is 2.19. The Morgan fingerprint density at radius 2 is 2.06 bits per heavy atom. The quantitative estimate of drug-likeness (QED) is 0.637. The Bertz CT molecular complexity index is 586. The average Bonchev–Trinajstić information content (AvgIpc) is 2.71. The molecule has 0 radical (unpaired) electrons. The SMILES string of the molecule is COC(=O)c1cc(OC)c2oc(C)cc2c1N. The number of carbonyl (C=O) groups is 1. The first-order valence-electron chi connectivity index (χ1n) is 5.03. The summed E-state index contributed by atoms with van der Waals surface area (Å²) in [6.07, 6.45) is 0. The molecule has 0 aliphatic rings. The number of furan rings is 1. The Labute approximate surface area is 98.1 Å². The molecular weight excluding hydrogens is 222 g/mol. The number of esters is 1. The zero-order valence-corrected chi connectivity index (χ0v) is 9.87. The molecule has 0 atom stereocenters. The predicted octanol–water partition coefficient (Wildman–Crippen LogP) is 2.12. The maximum absolute atomic E-state index is 11.6. The second-order valence-electron chi connectivity index (χ2n) is 3.63. The maximum atomic E-state index is 11.6. The number of benzene rings is 1. The van der Waals surface area contributed by atoms with E-state index in [2.05, 4.69) is 4.74 Å². The van der Waals surface area contributed by atoms with Gasteiger partial charge in [0.25, 0.3) is 0 Å². The number of fused-ring (bicyclic) bond motifs is 1. The van der Waals surface area contributed by atoms with Crippen LogP contribution in [0.4, 0.5) is 5.69 Å². The number of ether oxygens (including phenoxy) is 2. The smallest absolute Gasteiger partial charge is 0.340 e. The molecule has 5 nitrogen and oxygen atoms in total. The van der Waals surface area contributed by atoms with Crippen LogP contribution in [0.5, 0.6) is 5.75 Å². The van der Waals surface area contributed by atoms with Gasteiger partial charge >= 0.3 is 5.97 Å². The van der Waals surface area contributed by atoms with Crippen molar-refractivity contribution in [1.82, 2.24) is 0 Å². The Balaban J connectivity index is 2.79. The number of anilines is 1. The molecule has 0 amide bonds. The van der Waals surface area contributed by atoms with Crippen molar-refractivity contribution in [3.8, 4) is 5.75 Å². The third-order valence-corrected chi connectivity index (χ3v) is 2.56. The van der Waals surface area contributed by atoms with Gasteiger partial charge in [-0.15, -0.1) is 0 Å². The van der Waals surface area contributed by atoms with Gasteiger partial charge in [0.15, 0.2) is 11.3 Å². The highest BCUT2D eigenvalue weighted by Crippen LogP contribution is 2.35. The van der Waals surface area contributed by atoms with Crippen molar-refractivity contribution in [3.63, 3.8) is 0 Å². The summed E-state index contributed by atoms with van der Waals surface area (Å²) in [7, 11) is 2.81. The highest BCUT2D eigenvalue weighted by molar-refractivity contribution is 6.06. The molecule has 90 valence electrons. The van der Waals surface area contributed by atoms with Crippen LogP contribution < -0.4 is 10.5 Å². The van der Waals surface area contributed by atoms with Crippen LogP contribution in [0.25, 0.3) is 11.0 Å². The van der Waals surface area contributed by atoms with Gasteiger partial charge in [0.1, 0.15) is 5.76 Å². The molecule has 0 aliphatic carbocycles. The number of nitrogen functional groups attached to an aromatic ring is 1. The second kappa shape index (κ2) is 4.01. The number of nitrogens with two attached hydrogens (primary N) is 1. The molecule has 0 fully saturated rings. The van der Waals surface area contributed by atoms with E-state index in [0.29, 0.717) is 28.2 Å². The number of hydrogen-bond acceptors (Lipinski definition) is 5. The van der Waals surface area contributed by atoms with Crippen LogP contribution in [0, 0.1) is 6.92 Å². The van der Waals surface area contributed by atoms with Crippen LogP contribution in [0.1, 0.15) is 16.1 Å². The summed E-state index contributed by atoms with van der Waals surface area (Å²) >= 11 is 0. The van der Waals surface area contributed by atoms with Crippen LogP contribution in [0.2, 0.25) is 0 Å². The summed E-state index contributed by atoms with van der Waals surface area (Å²) in [5, 5.41) is 0.655. The molecule has 0 aliphatic heterocycles. The van der Waals surface area contributed by atoms with Crippen molar-refractivity contribution in [3.05, 3.63) is 23.5 Å². The van der Waals surface area contributed by atoms with Gasteiger partial charge in [0.2, 0.25) is 0 Å². The van der Waals surface area contributed by atoms with E-state index in [-0.39, 0.29) is 5.56 Å². The third kappa shape index (κ3) is 1.69. The molecule has 0 bridgehead atoms. The monoisotopic (exact) mass is 235 g/mol. The van der Waals surface area contributed by atoms with Crippen LogP contribution in [0.15, 0.2) is 16.5 Å². The molecule has 1 aromatic carbocycles. The molecule has 0 saturated heterocycles. The Kier molecular flexibility index (Phi) is 2.67. The molecular formula is C12H13NO4. The highest BCUT2D eigenvalue weighted by atomic mass is 16.5. The lowest BCUT2D eigenvalue weighted by molar-refractivity contribution is 0.0601. The Morgan fingerprint density at radius 3 is 2.65 bits per heavy atom. The minimum atomic E-state index is -0.499. The van der Waals surface area contributed by atoms with E-state index in [1.165, 1.54) is 20.3 Å². The van der Waals surface area contributed by atoms with Crippen molar-refractivity contribution >= 4 is 22.6 Å². The van der Waals surface area contributed by atoms with E-state index in [9.17, 15) is 4.79 Å². The zero-order valence-electron chi connectivity index (χ0n) is 9.87. The molecule has 5 heteroatoms. The topological polar surface area (TPSA) is 74.7 Å². The number of carbonyl (C=O) groups excluding carboxylic acids is 1. The minimum absolute atomic E-state index is 0.276. The number of aryl methyl sites for hydroxylation is 1. The van der Waals surface area contributed by atoms with Gasteiger partial charge < -0.3 is 19.6 Å². The maximum Gasteiger partial charge on any atom is 0.340 e. The van der Waals surface area contributed by atoms with E-state index < -0.39 is 5.97 Å². The van der Waals surface area contributed by atoms with Gasteiger partial charge in [-0.1, -0.05) is 0 Å². The summed E-state index contributed by atoms with van der Waals surface area (Å²) in [5.74, 6) is 0.663. The molecule has 2 rings (SSSR count). The lowest BCUT2D eigenvalue weighted by atomic mass is 10.1. The largest absolute Gasteiger partial charge is 0.493 e. The van der Waals surface area contributed by atoms with E-state index in [4.69, 9.17) is 14.9 Å². The van der Waals surface area contributed by atoms with Crippen LogP contribution in [-0.2, 0) is 4.74 Å². The fraction of sp³-hybridized carbons (Fsp3) is 0.250.